The number of aliphatic hydroxyl groups excluding tert-OH is 1. The number of hydrogen-bond acceptors (Lipinski definition) is 6. The number of nitrogens with two attached hydrogens (primary N) is 1. The number of nitrogen functional groups attached to an aromatic ring is 1. The highest BCUT2D eigenvalue weighted by Crippen LogP contribution is 2.24. The van der Waals surface area contributed by atoms with Crippen LogP contribution in [0.3, 0.4) is 0 Å². The van der Waals surface area contributed by atoms with Crippen LogP contribution in [0.25, 0.3) is 0 Å². The molecule has 1 aromatic rings. The van der Waals surface area contributed by atoms with E-state index in [-0.39, 0.29) is 36.4 Å². The first-order valence-corrected chi connectivity index (χ1v) is 7.35. The van der Waals surface area contributed by atoms with Crippen LogP contribution in [0.4, 0.5) is 5.69 Å². The Morgan fingerprint density at radius 3 is 2.95 bits per heavy atom. The molecule has 1 fully saturated rings. The van der Waals surface area contributed by atoms with E-state index in [1.54, 1.807) is 6.92 Å². The van der Waals surface area contributed by atoms with Gasteiger partial charge in [-0.1, -0.05) is 0 Å². The molecule has 1 aliphatic rings. The summed E-state index contributed by atoms with van der Waals surface area (Å²) in [6.45, 7) is 1.88. The molecule has 8 heteroatoms. The monoisotopic (exact) mass is 287 g/mol. The summed E-state index contributed by atoms with van der Waals surface area (Å²) >= 11 is 0. The molecule has 106 valence electrons. The maximum Gasteiger partial charge on any atom is 0.246 e. The van der Waals surface area contributed by atoms with Crippen LogP contribution in [0, 0.1) is 0 Å². The van der Waals surface area contributed by atoms with E-state index in [2.05, 4.69) is 4.98 Å². The highest BCUT2D eigenvalue weighted by molar-refractivity contribution is 7.89. The first-order valence-electron chi connectivity index (χ1n) is 5.91. The van der Waals surface area contributed by atoms with Gasteiger partial charge in [0.15, 0.2) is 0 Å². The molecule has 1 aromatic heterocycles. The van der Waals surface area contributed by atoms with Gasteiger partial charge in [-0.05, 0) is 13.0 Å². The van der Waals surface area contributed by atoms with Gasteiger partial charge in [-0.2, -0.15) is 4.31 Å². The van der Waals surface area contributed by atoms with Gasteiger partial charge in [0.1, 0.15) is 4.90 Å². The van der Waals surface area contributed by atoms with Gasteiger partial charge in [-0.25, -0.2) is 8.42 Å². The lowest BCUT2D eigenvalue weighted by molar-refractivity contribution is -0.0750. The Labute approximate surface area is 112 Å². The summed E-state index contributed by atoms with van der Waals surface area (Å²) in [5.74, 6) is 0. The Hall–Kier alpha value is -1.22. The molecule has 0 aliphatic carbocycles. The second kappa shape index (κ2) is 5.41. The molecular weight excluding hydrogens is 270 g/mol. The number of anilines is 1. The third-order valence-electron chi connectivity index (χ3n) is 2.93. The van der Waals surface area contributed by atoms with Crippen LogP contribution in [0.15, 0.2) is 23.4 Å². The van der Waals surface area contributed by atoms with E-state index in [0.717, 1.165) is 0 Å². The number of morpholine rings is 1. The van der Waals surface area contributed by atoms with Crippen LogP contribution in [0.1, 0.15) is 6.92 Å². The predicted molar refractivity (Wildman–Crippen MR) is 68.8 cm³/mol. The smallest absolute Gasteiger partial charge is 0.246 e. The van der Waals surface area contributed by atoms with Gasteiger partial charge in [0, 0.05) is 25.5 Å². The topological polar surface area (TPSA) is 106 Å². The minimum atomic E-state index is -3.71. The van der Waals surface area contributed by atoms with Crippen molar-refractivity contribution >= 4 is 15.7 Å². The van der Waals surface area contributed by atoms with Crippen LogP contribution in [-0.2, 0) is 14.8 Å². The standard InChI is InChI=1S/C11H17N3O4S/c1-8-5-14(6-9(7-15)18-8)19(16,17)11-4-13-3-2-10(11)12/h2-4,8-9,15H,5-7H2,1H3,(H2,12,13). The largest absolute Gasteiger partial charge is 0.398 e. The summed E-state index contributed by atoms with van der Waals surface area (Å²) in [7, 11) is -3.71. The van der Waals surface area contributed by atoms with Crippen molar-refractivity contribution in [3.63, 3.8) is 0 Å². The van der Waals surface area contributed by atoms with Crippen LogP contribution >= 0.6 is 0 Å². The molecule has 0 aromatic carbocycles. The molecule has 2 rings (SSSR count). The second-order valence-electron chi connectivity index (χ2n) is 4.49. The summed E-state index contributed by atoms with van der Waals surface area (Å²) in [5, 5.41) is 9.13. The maximum atomic E-state index is 12.5. The SMILES string of the molecule is CC1CN(S(=O)(=O)c2cnccc2N)CC(CO)O1. The Bertz CT molecular complexity index is 549. The van der Waals surface area contributed by atoms with Gasteiger partial charge >= 0.3 is 0 Å². The molecule has 2 unspecified atom stereocenters. The zero-order chi connectivity index (χ0) is 14.0. The second-order valence-corrected chi connectivity index (χ2v) is 6.39. The number of ether oxygens (including phenoxy) is 1. The van der Waals surface area contributed by atoms with E-state index < -0.39 is 16.1 Å². The van der Waals surface area contributed by atoms with Gasteiger partial charge < -0.3 is 15.6 Å². The zero-order valence-electron chi connectivity index (χ0n) is 10.6. The Morgan fingerprint density at radius 1 is 1.58 bits per heavy atom. The molecule has 7 nitrogen and oxygen atoms in total. The van der Waals surface area contributed by atoms with Crippen LogP contribution in [0.2, 0.25) is 0 Å². The fourth-order valence-corrected chi connectivity index (χ4v) is 3.65. The molecule has 2 heterocycles. The van der Waals surface area contributed by atoms with E-state index in [4.69, 9.17) is 15.6 Å². The normalized spacial score (nSPS) is 25.4. The molecule has 0 saturated carbocycles. The Morgan fingerprint density at radius 2 is 2.32 bits per heavy atom. The van der Waals surface area contributed by atoms with E-state index in [1.807, 2.05) is 0 Å². The molecule has 1 saturated heterocycles. The molecule has 0 amide bonds. The van der Waals surface area contributed by atoms with Crippen LogP contribution in [0.5, 0.6) is 0 Å². The van der Waals surface area contributed by atoms with Crippen LogP contribution in [-0.4, -0.2) is 54.7 Å². The Balaban J connectivity index is 2.32. The van der Waals surface area contributed by atoms with Crippen molar-refractivity contribution in [3.05, 3.63) is 18.5 Å². The van der Waals surface area contributed by atoms with Crippen molar-refractivity contribution in [1.29, 1.82) is 0 Å². The molecule has 0 radical (unpaired) electrons. The third kappa shape index (κ3) is 2.86. The summed E-state index contributed by atoms with van der Waals surface area (Å²) in [6.07, 6.45) is 1.88. The quantitative estimate of drug-likeness (QED) is 0.771. The number of aromatic nitrogens is 1. The van der Waals surface area contributed by atoms with E-state index in [1.165, 1.54) is 22.8 Å². The fourth-order valence-electron chi connectivity index (χ4n) is 2.05. The molecule has 19 heavy (non-hydrogen) atoms. The molecule has 0 bridgehead atoms. The number of aliphatic hydroxyl groups is 1. The van der Waals surface area contributed by atoms with Crippen molar-refractivity contribution < 1.29 is 18.3 Å². The number of nitrogens with zero attached hydrogens (tertiary/aromatic N) is 2. The first-order chi connectivity index (χ1) is 8.95. The van der Waals surface area contributed by atoms with E-state index in [0.29, 0.717) is 0 Å². The van der Waals surface area contributed by atoms with Gasteiger partial charge in [0.25, 0.3) is 0 Å². The average molecular weight is 287 g/mol. The Kier molecular flexibility index (Phi) is 4.04. The summed E-state index contributed by atoms with van der Waals surface area (Å²) in [6, 6.07) is 1.44. The van der Waals surface area contributed by atoms with Gasteiger partial charge in [-0.3, -0.25) is 4.98 Å². The lowest BCUT2D eigenvalue weighted by atomic mass is 10.2. The van der Waals surface area contributed by atoms with E-state index >= 15 is 0 Å². The average Bonchev–Trinajstić information content (AvgIpc) is 2.38. The number of hydrogen-bond donors (Lipinski definition) is 2. The van der Waals surface area contributed by atoms with Gasteiger partial charge in [0.05, 0.1) is 24.5 Å². The van der Waals surface area contributed by atoms with Crippen molar-refractivity contribution in [3.8, 4) is 0 Å². The van der Waals surface area contributed by atoms with E-state index in [9.17, 15) is 8.42 Å². The first kappa shape index (κ1) is 14.2. The molecular formula is C11H17N3O4S. The summed E-state index contributed by atoms with van der Waals surface area (Å²) in [4.78, 5) is 3.79. The third-order valence-corrected chi connectivity index (χ3v) is 4.81. The number of rotatable bonds is 3. The summed E-state index contributed by atoms with van der Waals surface area (Å²) < 4.78 is 31.7. The lowest BCUT2D eigenvalue weighted by Gasteiger charge is -2.35. The molecule has 3 N–H and O–H groups in total. The lowest BCUT2D eigenvalue weighted by Crippen LogP contribution is -2.50. The molecule has 1 aliphatic heterocycles. The van der Waals surface area contributed by atoms with Crippen molar-refractivity contribution in [2.24, 2.45) is 0 Å². The highest BCUT2D eigenvalue weighted by Gasteiger charge is 2.34. The van der Waals surface area contributed by atoms with Crippen molar-refractivity contribution in [2.75, 3.05) is 25.4 Å². The van der Waals surface area contributed by atoms with Gasteiger partial charge in [-0.15, -0.1) is 0 Å². The fraction of sp³-hybridized carbons (Fsp3) is 0.545. The zero-order valence-corrected chi connectivity index (χ0v) is 11.4. The maximum absolute atomic E-state index is 12.5. The summed E-state index contributed by atoms with van der Waals surface area (Å²) in [5.41, 5.74) is 5.85. The minimum absolute atomic E-state index is 0.0132. The predicted octanol–water partition coefficient (Wildman–Crippen LogP) is -0.566. The number of pyridine rings is 1. The van der Waals surface area contributed by atoms with Gasteiger partial charge in [0.2, 0.25) is 10.0 Å². The number of sulfonamides is 1. The van der Waals surface area contributed by atoms with Crippen molar-refractivity contribution in [2.45, 2.75) is 24.0 Å². The van der Waals surface area contributed by atoms with Crippen LogP contribution < -0.4 is 5.73 Å². The van der Waals surface area contributed by atoms with Crippen molar-refractivity contribution in [1.82, 2.24) is 9.29 Å². The molecule has 0 spiro atoms. The minimum Gasteiger partial charge on any atom is -0.398 e. The highest BCUT2D eigenvalue weighted by atomic mass is 32.2. The molecule has 2 atom stereocenters.